The molecule has 0 atom stereocenters. The average molecular weight is 282 g/mol. The topological polar surface area (TPSA) is 21.3 Å². The van der Waals surface area contributed by atoms with Gasteiger partial charge in [-0.05, 0) is 36.3 Å². The van der Waals surface area contributed by atoms with Gasteiger partial charge in [0.1, 0.15) is 0 Å². The number of nitrogens with one attached hydrogen (secondary N) is 1. The van der Waals surface area contributed by atoms with Crippen LogP contribution in [0.5, 0.6) is 0 Å². The van der Waals surface area contributed by atoms with Crippen LogP contribution >= 0.6 is 11.6 Å². The highest BCUT2D eigenvalue weighted by Gasteiger charge is 2.30. The second-order valence-electron chi connectivity index (χ2n) is 5.81. The number of benzene rings is 1. The average Bonchev–Trinajstić information content (AvgIpc) is 2.32. The number of ether oxygens (including phenoxy) is 1. The van der Waals surface area contributed by atoms with Gasteiger partial charge in [0, 0.05) is 24.2 Å². The molecule has 1 fully saturated rings. The summed E-state index contributed by atoms with van der Waals surface area (Å²) in [4.78, 5) is 0. The first kappa shape index (κ1) is 14.8. The van der Waals surface area contributed by atoms with Gasteiger partial charge in [-0.3, -0.25) is 0 Å². The van der Waals surface area contributed by atoms with E-state index in [0.29, 0.717) is 17.9 Å². The van der Waals surface area contributed by atoms with Gasteiger partial charge in [0.05, 0.1) is 6.61 Å². The van der Waals surface area contributed by atoms with Crippen molar-refractivity contribution in [3.63, 3.8) is 0 Å². The summed E-state index contributed by atoms with van der Waals surface area (Å²) >= 11 is 6.21. The van der Waals surface area contributed by atoms with Crippen LogP contribution in [-0.2, 0) is 4.74 Å². The van der Waals surface area contributed by atoms with E-state index in [0.717, 1.165) is 24.8 Å². The lowest BCUT2D eigenvalue weighted by Gasteiger charge is -2.36. The van der Waals surface area contributed by atoms with Gasteiger partial charge >= 0.3 is 0 Å². The summed E-state index contributed by atoms with van der Waals surface area (Å²) in [5, 5.41) is 4.45. The molecule has 0 saturated heterocycles. The molecule has 106 valence electrons. The first-order valence-electron chi connectivity index (χ1n) is 7.22. The van der Waals surface area contributed by atoms with Crippen LogP contribution < -0.4 is 5.32 Å². The molecule has 0 amide bonds. The third-order valence-corrected chi connectivity index (χ3v) is 3.96. The van der Waals surface area contributed by atoms with E-state index in [9.17, 15) is 0 Å². The first-order valence-corrected chi connectivity index (χ1v) is 7.60. The Morgan fingerprint density at radius 1 is 1.32 bits per heavy atom. The minimum Gasteiger partial charge on any atom is -0.380 e. The van der Waals surface area contributed by atoms with E-state index in [1.54, 1.807) is 0 Å². The van der Waals surface area contributed by atoms with E-state index in [4.69, 9.17) is 16.3 Å². The SMILES string of the molecule is CC(C)COCCNC1CC(c2ccccc2Cl)C1. The van der Waals surface area contributed by atoms with Crippen molar-refractivity contribution >= 4 is 11.6 Å². The maximum absolute atomic E-state index is 6.21. The zero-order valence-corrected chi connectivity index (χ0v) is 12.6. The molecule has 0 spiro atoms. The molecule has 1 aromatic carbocycles. The highest BCUT2D eigenvalue weighted by atomic mass is 35.5. The lowest BCUT2D eigenvalue weighted by molar-refractivity contribution is 0.106. The zero-order chi connectivity index (χ0) is 13.7. The van der Waals surface area contributed by atoms with E-state index < -0.39 is 0 Å². The molecule has 19 heavy (non-hydrogen) atoms. The second kappa shape index (κ2) is 7.28. The molecule has 1 aromatic rings. The Hall–Kier alpha value is -0.570. The van der Waals surface area contributed by atoms with Gasteiger partial charge in [-0.1, -0.05) is 43.6 Å². The standard InChI is InChI=1S/C16H24ClNO/c1-12(2)11-19-8-7-18-14-9-13(10-14)15-5-3-4-6-16(15)17/h3-6,12-14,18H,7-11H2,1-2H3. The predicted octanol–water partition coefficient (Wildman–Crippen LogP) is 3.85. The fourth-order valence-electron chi connectivity index (χ4n) is 2.50. The Kier molecular flexibility index (Phi) is 5.68. The molecule has 1 N–H and O–H groups in total. The molecule has 0 bridgehead atoms. The van der Waals surface area contributed by atoms with Crippen LogP contribution in [0.3, 0.4) is 0 Å². The Balaban J connectivity index is 1.60. The molecule has 1 aliphatic rings. The number of rotatable bonds is 7. The fraction of sp³-hybridized carbons (Fsp3) is 0.625. The van der Waals surface area contributed by atoms with E-state index in [-0.39, 0.29) is 0 Å². The van der Waals surface area contributed by atoms with Crippen molar-refractivity contribution < 1.29 is 4.74 Å². The second-order valence-corrected chi connectivity index (χ2v) is 6.22. The normalized spacial score (nSPS) is 22.5. The first-order chi connectivity index (χ1) is 9.16. The molecule has 0 aliphatic heterocycles. The molecule has 0 heterocycles. The molecule has 0 aromatic heterocycles. The Bertz CT molecular complexity index is 388. The molecular weight excluding hydrogens is 258 g/mol. The van der Waals surface area contributed by atoms with Gasteiger partial charge in [-0.2, -0.15) is 0 Å². The summed E-state index contributed by atoms with van der Waals surface area (Å²) in [6.45, 7) is 6.97. The van der Waals surface area contributed by atoms with Crippen LogP contribution in [0.15, 0.2) is 24.3 Å². The van der Waals surface area contributed by atoms with Crippen molar-refractivity contribution in [1.29, 1.82) is 0 Å². The summed E-state index contributed by atoms with van der Waals surface area (Å²) in [6, 6.07) is 8.82. The van der Waals surface area contributed by atoms with Crippen LogP contribution in [0.25, 0.3) is 0 Å². The van der Waals surface area contributed by atoms with Crippen molar-refractivity contribution in [3.8, 4) is 0 Å². The highest BCUT2D eigenvalue weighted by molar-refractivity contribution is 6.31. The Morgan fingerprint density at radius 2 is 2.05 bits per heavy atom. The van der Waals surface area contributed by atoms with E-state index in [2.05, 4.69) is 31.3 Å². The molecule has 3 heteroatoms. The summed E-state index contributed by atoms with van der Waals surface area (Å²) in [6.07, 6.45) is 2.38. The number of halogens is 1. The lowest BCUT2D eigenvalue weighted by Crippen LogP contribution is -2.41. The van der Waals surface area contributed by atoms with Gasteiger partial charge in [0.2, 0.25) is 0 Å². The summed E-state index contributed by atoms with van der Waals surface area (Å²) in [7, 11) is 0. The van der Waals surface area contributed by atoms with Crippen molar-refractivity contribution in [3.05, 3.63) is 34.9 Å². The molecular formula is C16H24ClNO. The van der Waals surface area contributed by atoms with Crippen LogP contribution in [-0.4, -0.2) is 25.8 Å². The predicted molar refractivity (Wildman–Crippen MR) is 80.9 cm³/mol. The summed E-state index contributed by atoms with van der Waals surface area (Å²) in [5.74, 6) is 1.25. The summed E-state index contributed by atoms with van der Waals surface area (Å²) < 4.78 is 5.56. The van der Waals surface area contributed by atoms with Crippen molar-refractivity contribution in [1.82, 2.24) is 5.32 Å². The molecule has 2 nitrogen and oxygen atoms in total. The zero-order valence-electron chi connectivity index (χ0n) is 11.9. The van der Waals surface area contributed by atoms with Gasteiger partial charge in [-0.25, -0.2) is 0 Å². The van der Waals surface area contributed by atoms with Crippen LogP contribution in [0.2, 0.25) is 5.02 Å². The molecule has 2 rings (SSSR count). The molecule has 1 saturated carbocycles. The van der Waals surface area contributed by atoms with Gasteiger partial charge in [-0.15, -0.1) is 0 Å². The quantitative estimate of drug-likeness (QED) is 0.767. The third kappa shape index (κ3) is 4.48. The molecule has 1 aliphatic carbocycles. The van der Waals surface area contributed by atoms with Crippen molar-refractivity contribution in [2.75, 3.05) is 19.8 Å². The van der Waals surface area contributed by atoms with Crippen LogP contribution in [0, 0.1) is 5.92 Å². The van der Waals surface area contributed by atoms with E-state index in [1.807, 2.05) is 12.1 Å². The van der Waals surface area contributed by atoms with E-state index >= 15 is 0 Å². The Labute approximate surface area is 121 Å². The van der Waals surface area contributed by atoms with E-state index in [1.165, 1.54) is 18.4 Å². The minimum atomic E-state index is 0.619. The monoisotopic (exact) mass is 281 g/mol. The largest absolute Gasteiger partial charge is 0.380 e. The van der Waals surface area contributed by atoms with Crippen molar-refractivity contribution in [2.45, 2.75) is 38.6 Å². The van der Waals surface area contributed by atoms with Gasteiger partial charge < -0.3 is 10.1 Å². The van der Waals surface area contributed by atoms with Gasteiger partial charge in [0.25, 0.3) is 0 Å². The maximum Gasteiger partial charge on any atom is 0.0591 e. The van der Waals surface area contributed by atoms with Gasteiger partial charge in [0.15, 0.2) is 0 Å². The molecule has 0 radical (unpaired) electrons. The third-order valence-electron chi connectivity index (χ3n) is 3.61. The van der Waals surface area contributed by atoms with Crippen molar-refractivity contribution in [2.24, 2.45) is 5.92 Å². The number of hydrogen-bond acceptors (Lipinski definition) is 2. The highest BCUT2D eigenvalue weighted by Crippen LogP contribution is 2.39. The maximum atomic E-state index is 6.21. The fourth-order valence-corrected chi connectivity index (χ4v) is 2.79. The smallest absolute Gasteiger partial charge is 0.0591 e. The molecule has 0 unspecified atom stereocenters. The lowest BCUT2D eigenvalue weighted by atomic mass is 9.76. The van der Waals surface area contributed by atoms with Crippen LogP contribution in [0.4, 0.5) is 0 Å². The Morgan fingerprint density at radius 3 is 2.74 bits per heavy atom. The van der Waals surface area contributed by atoms with Crippen LogP contribution in [0.1, 0.15) is 38.2 Å². The summed E-state index contributed by atoms with van der Waals surface area (Å²) in [5.41, 5.74) is 1.30. The minimum absolute atomic E-state index is 0.619. The number of hydrogen-bond donors (Lipinski definition) is 1.